The van der Waals surface area contributed by atoms with Crippen LogP contribution in [-0.4, -0.2) is 29.7 Å². The molecule has 2 amide bonds. The first kappa shape index (κ1) is 14.8. The Hall–Kier alpha value is -1.26. The lowest BCUT2D eigenvalue weighted by Crippen LogP contribution is -2.47. The number of carbonyl (C=O) groups is 2. The molecule has 0 spiro atoms. The van der Waals surface area contributed by atoms with Gasteiger partial charge in [-0.25, -0.2) is 4.79 Å². The maximum atomic E-state index is 11.7. The fourth-order valence-electron chi connectivity index (χ4n) is 2.30. The number of amides is 2. The molecular weight excluding hydrogens is 232 g/mol. The number of rotatable bonds is 5. The van der Waals surface area contributed by atoms with Crippen LogP contribution in [0.4, 0.5) is 4.79 Å². The molecule has 0 aromatic carbocycles. The summed E-state index contributed by atoms with van der Waals surface area (Å²) in [7, 11) is 0. The van der Waals surface area contributed by atoms with Crippen LogP contribution in [0.1, 0.15) is 46.5 Å². The predicted molar refractivity (Wildman–Crippen MR) is 69.4 cm³/mol. The Morgan fingerprint density at radius 3 is 2.33 bits per heavy atom. The van der Waals surface area contributed by atoms with E-state index in [-0.39, 0.29) is 17.5 Å². The third-order valence-electron chi connectivity index (χ3n) is 3.98. The standard InChI is InChI=1S/C13H24N2O3/c1-9(11(16)17)10(2)15-12(18)14-8-13(3)6-4-5-7-13/h9-10H,4-8H2,1-3H3,(H,16,17)(H2,14,15,18). The van der Waals surface area contributed by atoms with E-state index >= 15 is 0 Å². The number of aliphatic carboxylic acids is 1. The number of carbonyl (C=O) groups excluding carboxylic acids is 1. The summed E-state index contributed by atoms with van der Waals surface area (Å²) in [6.45, 7) is 6.14. The molecule has 18 heavy (non-hydrogen) atoms. The number of hydrogen-bond donors (Lipinski definition) is 3. The Morgan fingerprint density at radius 1 is 1.28 bits per heavy atom. The fraction of sp³-hybridized carbons (Fsp3) is 0.846. The van der Waals surface area contributed by atoms with E-state index in [1.807, 2.05) is 0 Å². The summed E-state index contributed by atoms with van der Waals surface area (Å²) in [5, 5.41) is 14.4. The highest BCUT2D eigenvalue weighted by molar-refractivity contribution is 5.76. The average Bonchev–Trinajstić information content (AvgIpc) is 2.73. The molecule has 0 aromatic rings. The molecule has 104 valence electrons. The highest BCUT2D eigenvalue weighted by Crippen LogP contribution is 2.36. The van der Waals surface area contributed by atoms with Crippen molar-refractivity contribution in [2.75, 3.05) is 6.54 Å². The van der Waals surface area contributed by atoms with Gasteiger partial charge in [-0.15, -0.1) is 0 Å². The molecule has 5 heteroatoms. The average molecular weight is 256 g/mol. The topological polar surface area (TPSA) is 78.4 Å². The van der Waals surface area contributed by atoms with Gasteiger partial charge in [-0.2, -0.15) is 0 Å². The van der Waals surface area contributed by atoms with Gasteiger partial charge < -0.3 is 15.7 Å². The minimum Gasteiger partial charge on any atom is -0.481 e. The van der Waals surface area contributed by atoms with Gasteiger partial charge in [0.05, 0.1) is 5.92 Å². The van der Waals surface area contributed by atoms with Crippen LogP contribution in [0.5, 0.6) is 0 Å². The van der Waals surface area contributed by atoms with Crippen LogP contribution in [0.3, 0.4) is 0 Å². The summed E-state index contributed by atoms with van der Waals surface area (Å²) >= 11 is 0. The van der Waals surface area contributed by atoms with Crippen LogP contribution < -0.4 is 10.6 Å². The van der Waals surface area contributed by atoms with Crippen LogP contribution in [0.15, 0.2) is 0 Å². The molecule has 0 radical (unpaired) electrons. The summed E-state index contributed by atoms with van der Waals surface area (Å²) in [4.78, 5) is 22.4. The molecule has 0 bridgehead atoms. The van der Waals surface area contributed by atoms with Gasteiger partial charge >= 0.3 is 12.0 Å². The highest BCUT2D eigenvalue weighted by atomic mass is 16.4. The molecule has 1 rings (SSSR count). The Balaban J connectivity index is 2.31. The van der Waals surface area contributed by atoms with E-state index in [0.29, 0.717) is 6.54 Å². The lowest BCUT2D eigenvalue weighted by Gasteiger charge is -2.25. The van der Waals surface area contributed by atoms with E-state index in [2.05, 4.69) is 17.6 Å². The summed E-state index contributed by atoms with van der Waals surface area (Å²) in [5.74, 6) is -1.48. The quantitative estimate of drug-likeness (QED) is 0.703. The van der Waals surface area contributed by atoms with E-state index in [1.165, 1.54) is 12.8 Å². The summed E-state index contributed by atoms with van der Waals surface area (Å²) in [6.07, 6.45) is 4.75. The van der Waals surface area contributed by atoms with Gasteiger partial charge in [-0.05, 0) is 32.1 Å². The van der Waals surface area contributed by atoms with Gasteiger partial charge in [-0.3, -0.25) is 4.79 Å². The molecule has 1 aliphatic carbocycles. The highest BCUT2D eigenvalue weighted by Gasteiger charge is 2.29. The van der Waals surface area contributed by atoms with Crippen molar-refractivity contribution in [1.29, 1.82) is 0 Å². The smallest absolute Gasteiger partial charge is 0.315 e. The fourth-order valence-corrected chi connectivity index (χ4v) is 2.30. The Bertz CT molecular complexity index is 311. The van der Waals surface area contributed by atoms with E-state index in [0.717, 1.165) is 12.8 Å². The molecule has 2 atom stereocenters. The van der Waals surface area contributed by atoms with Crippen LogP contribution in [0.2, 0.25) is 0 Å². The third kappa shape index (κ3) is 4.20. The van der Waals surface area contributed by atoms with Crippen molar-refractivity contribution in [3.05, 3.63) is 0 Å². The first-order chi connectivity index (χ1) is 8.34. The van der Waals surface area contributed by atoms with Crippen LogP contribution in [0, 0.1) is 11.3 Å². The van der Waals surface area contributed by atoms with Crippen molar-refractivity contribution < 1.29 is 14.7 Å². The number of carboxylic acids is 1. The predicted octanol–water partition coefficient (Wildman–Crippen LogP) is 1.98. The number of carboxylic acid groups (broad SMARTS) is 1. The zero-order valence-electron chi connectivity index (χ0n) is 11.5. The van der Waals surface area contributed by atoms with E-state index in [1.54, 1.807) is 13.8 Å². The van der Waals surface area contributed by atoms with Crippen LogP contribution >= 0.6 is 0 Å². The first-order valence-corrected chi connectivity index (χ1v) is 6.61. The molecule has 0 aliphatic heterocycles. The largest absolute Gasteiger partial charge is 0.481 e. The second-order valence-electron chi connectivity index (χ2n) is 5.76. The molecule has 0 aromatic heterocycles. The van der Waals surface area contributed by atoms with Gasteiger partial charge in [0.15, 0.2) is 0 Å². The molecule has 0 saturated heterocycles. The van der Waals surface area contributed by atoms with Gasteiger partial charge in [-0.1, -0.05) is 19.8 Å². The van der Waals surface area contributed by atoms with Gasteiger partial charge in [0, 0.05) is 12.6 Å². The van der Waals surface area contributed by atoms with Gasteiger partial charge in [0.25, 0.3) is 0 Å². The Morgan fingerprint density at radius 2 is 1.83 bits per heavy atom. The van der Waals surface area contributed by atoms with Crippen molar-refractivity contribution in [2.45, 2.75) is 52.5 Å². The normalized spacial score (nSPS) is 21.1. The lowest BCUT2D eigenvalue weighted by atomic mass is 9.89. The maximum Gasteiger partial charge on any atom is 0.315 e. The van der Waals surface area contributed by atoms with Crippen molar-refractivity contribution >= 4 is 12.0 Å². The maximum absolute atomic E-state index is 11.7. The summed E-state index contributed by atoms with van der Waals surface area (Å²) in [6, 6.07) is -0.650. The van der Waals surface area contributed by atoms with E-state index < -0.39 is 11.9 Å². The number of urea groups is 1. The molecule has 5 nitrogen and oxygen atoms in total. The van der Waals surface area contributed by atoms with E-state index in [9.17, 15) is 9.59 Å². The van der Waals surface area contributed by atoms with E-state index in [4.69, 9.17) is 5.11 Å². The van der Waals surface area contributed by atoms with Crippen LogP contribution in [-0.2, 0) is 4.79 Å². The molecule has 3 N–H and O–H groups in total. The van der Waals surface area contributed by atoms with Crippen molar-refractivity contribution in [1.82, 2.24) is 10.6 Å². The SMILES string of the molecule is CC(NC(=O)NCC1(C)CCCC1)C(C)C(=O)O. The molecule has 1 fully saturated rings. The van der Waals surface area contributed by atoms with Crippen molar-refractivity contribution in [3.8, 4) is 0 Å². The molecule has 0 heterocycles. The van der Waals surface area contributed by atoms with Crippen molar-refractivity contribution in [2.24, 2.45) is 11.3 Å². The minimum atomic E-state index is -0.898. The number of hydrogen-bond acceptors (Lipinski definition) is 2. The van der Waals surface area contributed by atoms with Crippen LogP contribution in [0.25, 0.3) is 0 Å². The first-order valence-electron chi connectivity index (χ1n) is 6.61. The second kappa shape index (κ2) is 6.07. The zero-order chi connectivity index (χ0) is 13.8. The molecule has 1 saturated carbocycles. The Kier molecular flexibility index (Phi) is 4.99. The summed E-state index contributed by atoms with van der Waals surface area (Å²) < 4.78 is 0. The minimum absolute atomic E-state index is 0.207. The second-order valence-corrected chi connectivity index (χ2v) is 5.76. The third-order valence-corrected chi connectivity index (χ3v) is 3.98. The van der Waals surface area contributed by atoms with Crippen molar-refractivity contribution in [3.63, 3.8) is 0 Å². The number of nitrogens with one attached hydrogen (secondary N) is 2. The molecule has 2 unspecified atom stereocenters. The Labute approximate surface area is 108 Å². The molecular formula is C13H24N2O3. The van der Waals surface area contributed by atoms with Gasteiger partial charge in [0.1, 0.15) is 0 Å². The van der Waals surface area contributed by atoms with Gasteiger partial charge in [0.2, 0.25) is 0 Å². The summed E-state index contributed by atoms with van der Waals surface area (Å²) in [5.41, 5.74) is 0.207. The zero-order valence-corrected chi connectivity index (χ0v) is 11.5. The lowest BCUT2D eigenvalue weighted by molar-refractivity contribution is -0.141. The molecule has 1 aliphatic rings. The monoisotopic (exact) mass is 256 g/mol.